The summed E-state index contributed by atoms with van der Waals surface area (Å²) in [6.07, 6.45) is 4.87. The van der Waals surface area contributed by atoms with Gasteiger partial charge in [0, 0.05) is 26.2 Å². The van der Waals surface area contributed by atoms with Crippen LogP contribution in [0.2, 0.25) is 0 Å². The van der Waals surface area contributed by atoms with Gasteiger partial charge in [-0.15, -0.1) is 5.10 Å². The molecule has 2 aromatic rings. The summed E-state index contributed by atoms with van der Waals surface area (Å²) in [5.74, 6) is 0.970. The van der Waals surface area contributed by atoms with E-state index < -0.39 is 0 Å². The summed E-state index contributed by atoms with van der Waals surface area (Å²) in [6.45, 7) is 5.27. The Kier molecular flexibility index (Phi) is 4.73. The molecule has 3 heterocycles. The number of rotatable bonds is 4. The molecule has 128 valence electrons. The number of likely N-dealkylation sites (tertiary alicyclic amines) is 1. The van der Waals surface area contributed by atoms with Gasteiger partial charge in [-0.25, -0.2) is 9.67 Å². The van der Waals surface area contributed by atoms with Crippen molar-refractivity contribution in [1.29, 1.82) is 0 Å². The topological polar surface area (TPSA) is 80.0 Å². The third kappa shape index (κ3) is 3.37. The van der Waals surface area contributed by atoms with E-state index in [1.54, 1.807) is 11.0 Å². The minimum absolute atomic E-state index is 0.0942. The highest BCUT2D eigenvalue weighted by Gasteiger charge is 2.29. The summed E-state index contributed by atoms with van der Waals surface area (Å²) in [7, 11) is 2.04. The molecule has 0 N–H and O–H groups in total. The molecule has 1 unspecified atom stereocenters. The van der Waals surface area contributed by atoms with Gasteiger partial charge in [0.2, 0.25) is 5.91 Å². The molecule has 24 heavy (non-hydrogen) atoms. The van der Waals surface area contributed by atoms with E-state index in [0.29, 0.717) is 6.04 Å². The molecule has 0 aliphatic carbocycles. The highest BCUT2D eigenvalue weighted by Crippen LogP contribution is 2.21. The maximum Gasteiger partial charge on any atom is 0.247 e. The average molecular weight is 329 g/mol. The number of carbonyl (C=O) groups excluding carboxylic acids is 1. The zero-order valence-electron chi connectivity index (χ0n) is 14.3. The van der Waals surface area contributed by atoms with Gasteiger partial charge in [-0.05, 0) is 38.8 Å². The maximum atomic E-state index is 12.6. The predicted octanol–water partition coefficient (Wildman–Crippen LogP) is 1.06. The molecule has 1 aliphatic heterocycles. The van der Waals surface area contributed by atoms with Crippen LogP contribution in [0.1, 0.15) is 31.5 Å². The molecule has 0 radical (unpaired) electrons. The lowest BCUT2D eigenvalue weighted by Gasteiger charge is -2.37. The summed E-state index contributed by atoms with van der Waals surface area (Å²) >= 11 is 0. The lowest BCUT2D eigenvalue weighted by atomic mass is 10.0. The lowest BCUT2D eigenvalue weighted by Crippen LogP contribution is -2.47. The van der Waals surface area contributed by atoms with E-state index in [1.807, 2.05) is 37.9 Å². The second kappa shape index (κ2) is 6.94. The van der Waals surface area contributed by atoms with Crippen LogP contribution in [-0.2, 0) is 4.79 Å². The SMILES string of the molecule is Cc1ccc(N(C)C2CCN(C(=O)C(C)n3cncn3)CC2)nn1. The second-order valence-corrected chi connectivity index (χ2v) is 6.25. The van der Waals surface area contributed by atoms with E-state index in [4.69, 9.17) is 0 Å². The molecule has 0 aromatic carbocycles. The minimum Gasteiger partial charge on any atom is -0.355 e. The van der Waals surface area contributed by atoms with Crippen molar-refractivity contribution in [3.8, 4) is 0 Å². The van der Waals surface area contributed by atoms with Gasteiger partial charge in [-0.1, -0.05) is 0 Å². The molecule has 1 aliphatic rings. The van der Waals surface area contributed by atoms with Gasteiger partial charge in [-0.3, -0.25) is 4.79 Å². The maximum absolute atomic E-state index is 12.6. The van der Waals surface area contributed by atoms with Crippen LogP contribution in [0, 0.1) is 6.92 Å². The van der Waals surface area contributed by atoms with Crippen molar-refractivity contribution in [3.63, 3.8) is 0 Å². The van der Waals surface area contributed by atoms with Crippen LogP contribution in [0.5, 0.6) is 0 Å². The number of aryl methyl sites for hydroxylation is 1. The van der Waals surface area contributed by atoms with Crippen molar-refractivity contribution >= 4 is 11.7 Å². The number of anilines is 1. The zero-order valence-corrected chi connectivity index (χ0v) is 14.3. The van der Waals surface area contributed by atoms with Gasteiger partial charge in [-0.2, -0.15) is 10.2 Å². The van der Waals surface area contributed by atoms with Crippen LogP contribution in [0.25, 0.3) is 0 Å². The Morgan fingerprint density at radius 3 is 2.62 bits per heavy atom. The summed E-state index contributed by atoms with van der Waals surface area (Å²) in [5, 5.41) is 12.4. The smallest absolute Gasteiger partial charge is 0.247 e. The molecule has 0 spiro atoms. The van der Waals surface area contributed by atoms with Crippen LogP contribution < -0.4 is 4.90 Å². The second-order valence-electron chi connectivity index (χ2n) is 6.25. The number of amides is 1. The standard InChI is InChI=1S/C16H23N7O/c1-12-4-5-15(20-19-12)21(3)14-6-8-22(9-7-14)16(24)13(2)23-11-17-10-18-23/h4-5,10-11,13-14H,6-9H2,1-3H3. The first-order valence-electron chi connectivity index (χ1n) is 8.22. The number of nitrogens with zero attached hydrogens (tertiary/aromatic N) is 7. The van der Waals surface area contributed by atoms with E-state index in [2.05, 4.69) is 25.2 Å². The molecule has 0 bridgehead atoms. The zero-order chi connectivity index (χ0) is 17.1. The fraction of sp³-hybridized carbons (Fsp3) is 0.562. The van der Waals surface area contributed by atoms with Crippen molar-refractivity contribution in [3.05, 3.63) is 30.5 Å². The molecular weight excluding hydrogens is 306 g/mol. The van der Waals surface area contributed by atoms with E-state index >= 15 is 0 Å². The highest BCUT2D eigenvalue weighted by atomic mass is 16.2. The van der Waals surface area contributed by atoms with Crippen molar-refractivity contribution in [1.82, 2.24) is 29.9 Å². The van der Waals surface area contributed by atoms with Crippen molar-refractivity contribution in [2.24, 2.45) is 0 Å². The van der Waals surface area contributed by atoms with Gasteiger partial charge in [0.25, 0.3) is 0 Å². The van der Waals surface area contributed by atoms with Gasteiger partial charge in [0.1, 0.15) is 18.7 Å². The Hall–Kier alpha value is -2.51. The predicted molar refractivity (Wildman–Crippen MR) is 89.5 cm³/mol. The van der Waals surface area contributed by atoms with Gasteiger partial charge in [0.05, 0.1) is 5.69 Å². The van der Waals surface area contributed by atoms with Crippen LogP contribution in [0.15, 0.2) is 24.8 Å². The Morgan fingerprint density at radius 1 is 1.29 bits per heavy atom. The molecular formula is C16H23N7O. The van der Waals surface area contributed by atoms with Crippen LogP contribution in [-0.4, -0.2) is 61.9 Å². The Labute approximate surface area is 141 Å². The van der Waals surface area contributed by atoms with Crippen molar-refractivity contribution in [2.75, 3.05) is 25.0 Å². The Bertz CT molecular complexity index is 662. The third-order valence-corrected chi connectivity index (χ3v) is 4.66. The summed E-state index contributed by atoms with van der Waals surface area (Å²) < 4.78 is 1.60. The van der Waals surface area contributed by atoms with Gasteiger partial charge >= 0.3 is 0 Å². The molecule has 8 nitrogen and oxygen atoms in total. The fourth-order valence-electron chi connectivity index (χ4n) is 3.04. The molecule has 1 saturated heterocycles. The van der Waals surface area contributed by atoms with E-state index in [1.165, 1.54) is 6.33 Å². The first-order chi connectivity index (χ1) is 11.6. The van der Waals surface area contributed by atoms with Gasteiger partial charge in [0.15, 0.2) is 5.82 Å². The first-order valence-corrected chi connectivity index (χ1v) is 8.22. The number of aromatic nitrogens is 5. The number of hydrogen-bond donors (Lipinski definition) is 0. The molecule has 1 fully saturated rings. The molecule has 8 heteroatoms. The molecule has 2 aromatic heterocycles. The summed E-state index contributed by atoms with van der Waals surface area (Å²) in [4.78, 5) is 20.6. The fourth-order valence-corrected chi connectivity index (χ4v) is 3.04. The summed E-state index contributed by atoms with van der Waals surface area (Å²) in [6, 6.07) is 4.02. The van der Waals surface area contributed by atoms with E-state index in [0.717, 1.165) is 37.4 Å². The normalized spacial score (nSPS) is 16.9. The van der Waals surface area contributed by atoms with Crippen LogP contribution in [0.4, 0.5) is 5.82 Å². The van der Waals surface area contributed by atoms with Crippen molar-refractivity contribution < 1.29 is 4.79 Å². The van der Waals surface area contributed by atoms with Gasteiger partial charge < -0.3 is 9.80 Å². The Morgan fingerprint density at radius 2 is 2.04 bits per heavy atom. The highest BCUT2D eigenvalue weighted by molar-refractivity contribution is 5.80. The largest absolute Gasteiger partial charge is 0.355 e. The molecule has 0 saturated carbocycles. The van der Waals surface area contributed by atoms with E-state index in [9.17, 15) is 4.79 Å². The van der Waals surface area contributed by atoms with Crippen LogP contribution >= 0.6 is 0 Å². The van der Waals surface area contributed by atoms with Crippen LogP contribution in [0.3, 0.4) is 0 Å². The first kappa shape index (κ1) is 16.4. The molecule has 1 atom stereocenters. The Balaban J connectivity index is 1.57. The number of carbonyl (C=O) groups is 1. The minimum atomic E-state index is -0.315. The molecule has 1 amide bonds. The summed E-state index contributed by atoms with van der Waals surface area (Å²) in [5.41, 5.74) is 0.912. The quantitative estimate of drug-likeness (QED) is 0.834. The van der Waals surface area contributed by atoms with Crippen molar-refractivity contribution in [2.45, 2.75) is 38.8 Å². The van der Waals surface area contributed by atoms with E-state index in [-0.39, 0.29) is 11.9 Å². The third-order valence-electron chi connectivity index (χ3n) is 4.66. The monoisotopic (exact) mass is 329 g/mol. The molecule has 3 rings (SSSR count). The number of hydrogen-bond acceptors (Lipinski definition) is 6. The number of piperidine rings is 1. The average Bonchev–Trinajstić information content (AvgIpc) is 3.15. The lowest BCUT2D eigenvalue weighted by molar-refractivity contribution is -0.135.